The van der Waals surface area contributed by atoms with E-state index in [4.69, 9.17) is 0 Å². The molecule has 6 heteroatoms. The largest absolute Gasteiger partial charge is 0.314 e. The Balaban J connectivity index is 1.89. The summed E-state index contributed by atoms with van der Waals surface area (Å²) < 4.78 is 25.0. The van der Waals surface area contributed by atoms with Crippen molar-refractivity contribution < 1.29 is 13.2 Å². The Morgan fingerprint density at radius 3 is 2.57 bits per heavy atom. The number of carbonyl (C=O) groups excluding carboxylic acids is 1. The standard InChI is InChI=1S/C17H20N2O3S/c1-18(15-10-9-13-6-3-4-7-14(13)12-15)17(20)16-8-5-11-19(16)23(2,21)22/h3-4,6-7,9-10,12,16H,5,8,11H2,1-2H3. The van der Waals surface area contributed by atoms with Gasteiger partial charge in [0.2, 0.25) is 15.9 Å². The molecule has 3 rings (SSSR count). The smallest absolute Gasteiger partial charge is 0.245 e. The number of hydrogen-bond acceptors (Lipinski definition) is 3. The summed E-state index contributed by atoms with van der Waals surface area (Å²) in [4.78, 5) is 14.3. The number of sulfonamides is 1. The summed E-state index contributed by atoms with van der Waals surface area (Å²) in [5.41, 5.74) is 0.772. The van der Waals surface area contributed by atoms with Crippen LogP contribution < -0.4 is 4.90 Å². The maximum absolute atomic E-state index is 12.8. The maximum Gasteiger partial charge on any atom is 0.245 e. The van der Waals surface area contributed by atoms with Gasteiger partial charge < -0.3 is 4.90 Å². The average Bonchev–Trinajstić information content (AvgIpc) is 3.03. The molecule has 0 spiro atoms. The van der Waals surface area contributed by atoms with Crippen molar-refractivity contribution in [3.63, 3.8) is 0 Å². The Hall–Kier alpha value is -1.92. The molecule has 1 heterocycles. The topological polar surface area (TPSA) is 57.7 Å². The Kier molecular flexibility index (Phi) is 4.12. The number of fused-ring (bicyclic) bond motifs is 1. The minimum absolute atomic E-state index is 0.178. The molecule has 1 aliphatic rings. The highest BCUT2D eigenvalue weighted by Gasteiger charge is 2.38. The van der Waals surface area contributed by atoms with Crippen LogP contribution >= 0.6 is 0 Å². The second-order valence-electron chi connectivity index (χ2n) is 5.96. The molecule has 5 nitrogen and oxygen atoms in total. The lowest BCUT2D eigenvalue weighted by Crippen LogP contribution is -2.46. The number of rotatable bonds is 3. The molecule has 0 bridgehead atoms. The Labute approximate surface area is 136 Å². The van der Waals surface area contributed by atoms with Gasteiger partial charge in [0.1, 0.15) is 6.04 Å². The first-order chi connectivity index (χ1) is 10.9. The molecule has 122 valence electrons. The Bertz CT molecular complexity index is 848. The fraction of sp³-hybridized carbons (Fsp3) is 0.353. The summed E-state index contributed by atoms with van der Waals surface area (Å²) in [6.45, 7) is 0.417. The van der Waals surface area contributed by atoms with E-state index < -0.39 is 16.1 Å². The van der Waals surface area contributed by atoms with E-state index in [2.05, 4.69) is 0 Å². The minimum atomic E-state index is -3.36. The van der Waals surface area contributed by atoms with Crippen LogP contribution in [0.2, 0.25) is 0 Å². The molecular weight excluding hydrogens is 312 g/mol. The zero-order chi connectivity index (χ0) is 16.6. The molecule has 2 aromatic rings. The molecule has 0 N–H and O–H groups in total. The average molecular weight is 332 g/mol. The fourth-order valence-electron chi connectivity index (χ4n) is 3.12. The van der Waals surface area contributed by atoms with Gasteiger partial charge in [-0.1, -0.05) is 30.3 Å². The lowest BCUT2D eigenvalue weighted by molar-refractivity contribution is -0.121. The molecule has 1 amide bonds. The van der Waals surface area contributed by atoms with Crippen LogP contribution in [0.15, 0.2) is 42.5 Å². The van der Waals surface area contributed by atoms with Gasteiger partial charge in [0, 0.05) is 19.3 Å². The van der Waals surface area contributed by atoms with Gasteiger partial charge in [-0.05, 0) is 35.7 Å². The van der Waals surface area contributed by atoms with Crippen molar-refractivity contribution in [2.45, 2.75) is 18.9 Å². The molecule has 0 saturated carbocycles. The van der Waals surface area contributed by atoms with Crippen LogP contribution in [0.5, 0.6) is 0 Å². The summed E-state index contributed by atoms with van der Waals surface area (Å²) >= 11 is 0. The first-order valence-corrected chi connectivity index (χ1v) is 9.46. The highest BCUT2D eigenvalue weighted by atomic mass is 32.2. The van der Waals surface area contributed by atoms with Crippen molar-refractivity contribution in [1.29, 1.82) is 0 Å². The normalized spacial score (nSPS) is 19.1. The lowest BCUT2D eigenvalue weighted by Gasteiger charge is -2.26. The van der Waals surface area contributed by atoms with Gasteiger partial charge in [-0.15, -0.1) is 0 Å². The predicted molar refractivity (Wildman–Crippen MR) is 91.9 cm³/mol. The summed E-state index contributed by atoms with van der Waals surface area (Å²) in [7, 11) is -1.66. The Morgan fingerprint density at radius 2 is 1.87 bits per heavy atom. The SMILES string of the molecule is CN(C(=O)C1CCCN1S(C)(=O)=O)c1ccc2ccccc2c1. The van der Waals surface area contributed by atoms with Crippen LogP contribution in [-0.4, -0.2) is 44.5 Å². The predicted octanol–water partition coefficient (Wildman–Crippen LogP) is 2.23. The number of hydrogen-bond donors (Lipinski definition) is 0. The van der Waals surface area contributed by atoms with Gasteiger partial charge >= 0.3 is 0 Å². The number of nitrogens with zero attached hydrogens (tertiary/aromatic N) is 2. The van der Waals surface area contributed by atoms with E-state index in [-0.39, 0.29) is 5.91 Å². The molecule has 1 unspecified atom stereocenters. The van der Waals surface area contributed by atoms with Gasteiger partial charge in [-0.3, -0.25) is 4.79 Å². The summed E-state index contributed by atoms with van der Waals surface area (Å²) in [6.07, 6.45) is 2.45. The summed E-state index contributed by atoms with van der Waals surface area (Å²) in [5, 5.41) is 2.16. The number of amides is 1. The van der Waals surface area contributed by atoms with Gasteiger partial charge in [-0.25, -0.2) is 8.42 Å². The van der Waals surface area contributed by atoms with Crippen LogP contribution in [0, 0.1) is 0 Å². The van der Waals surface area contributed by atoms with Crippen molar-refractivity contribution in [3.8, 4) is 0 Å². The molecule has 1 aliphatic heterocycles. The van der Waals surface area contributed by atoms with Crippen LogP contribution in [0.3, 0.4) is 0 Å². The summed E-state index contributed by atoms with van der Waals surface area (Å²) in [6, 6.07) is 13.2. The third-order valence-corrected chi connectivity index (χ3v) is 5.65. The van der Waals surface area contributed by atoms with Crippen LogP contribution in [0.25, 0.3) is 10.8 Å². The summed E-state index contributed by atoms with van der Waals surface area (Å²) in [5.74, 6) is -0.178. The van der Waals surface area contributed by atoms with E-state index in [1.807, 2.05) is 42.5 Å². The zero-order valence-electron chi connectivity index (χ0n) is 13.3. The minimum Gasteiger partial charge on any atom is -0.314 e. The maximum atomic E-state index is 12.8. The van der Waals surface area contributed by atoms with Crippen molar-refractivity contribution in [2.24, 2.45) is 0 Å². The number of likely N-dealkylation sites (N-methyl/N-ethyl adjacent to an activating group) is 1. The second kappa shape index (κ2) is 5.94. The molecule has 1 fully saturated rings. The molecule has 0 radical (unpaired) electrons. The van der Waals surface area contributed by atoms with E-state index in [9.17, 15) is 13.2 Å². The third-order valence-electron chi connectivity index (χ3n) is 4.37. The quantitative estimate of drug-likeness (QED) is 0.866. The van der Waals surface area contributed by atoms with Crippen molar-refractivity contribution in [1.82, 2.24) is 4.31 Å². The highest BCUT2D eigenvalue weighted by molar-refractivity contribution is 7.88. The highest BCUT2D eigenvalue weighted by Crippen LogP contribution is 2.26. The van der Waals surface area contributed by atoms with E-state index in [0.717, 1.165) is 29.1 Å². The zero-order valence-corrected chi connectivity index (χ0v) is 14.1. The van der Waals surface area contributed by atoms with E-state index in [1.54, 1.807) is 11.9 Å². The molecule has 23 heavy (non-hydrogen) atoms. The molecular formula is C17H20N2O3S. The van der Waals surface area contributed by atoms with E-state index in [0.29, 0.717) is 13.0 Å². The van der Waals surface area contributed by atoms with Crippen LogP contribution in [-0.2, 0) is 14.8 Å². The first-order valence-electron chi connectivity index (χ1n) is 7.61. The van der Waals surface area contributed by atoms with E-state index >= 15 is 0 Å². The van der Waals surface area contributed by atoms with Gasteiger partial charge in [-0.2, -0.15) is 4.31 Å². The second-order valence-corrected chi connectivity index (χ2v) is 7.90. The first kappa shape index (κ1) is 16.0. The molecule has 1 saturated heterocycles. The van der Waals surface area contributed by atoms with E-state index in [1.165, 1.54) is 4.31 Å². The molecule has 2 aromatic carbocycles. The van der Waals surface area contributed by atoms with Crippen LogP contribution in [0.4, 0.5) is 5.69 Å². The fourth-order valence-corrected chi connectivity index (χ4v) is 4.24. The van der Waals surface area contributed by atoms with Crippen molar-refractivity contribution in [3.05, 3.63) is 42.5 Å². The lowest BCUT2D eigenvalue weighted by atomic mass is 10.1. The number of benzene rings is 2. The molecule has 0 aromatic heterocycles. The monoisotopic (exact) mass is 332 g/mol. The Morgan fingerprint density at radius 1 is 1.17 bits per heavy atom. The number of anilines is 1. The van der Waals surface area contributed by atoms with Gasteiger partial charge in [0.05, 0.1) is 6.26 Å². The molecule has 1 atom stereocenters. The number of carbonyl (C=O) groups is 1. The van der Waals surface area contributed by atoms with Gasteiger partial charge in [0.25, 0.3) is 0 Å². The van der Waals surface area contributed by atoms with Crippen LogP contribution in [0.1, 0.15) is 12.8 Å². The van der Waals surface area contributed by atoms with Crippen molar-refractivity contribution >= 4 is 32.4 Å². The van der Waals surface area contributed by atoms with Gasteiger partial charge in [0.15, 0.2) is 0 Å². The van der Waals surface area contributed by atoms with Crippen molar-refractivity contribution in [2.75, 3.05) is 24.7 Å². The third kappa shape index (κ3) is 3.09. The molecule has 0 aliphatic carbocycles.